The van der Waals surface area contributed by atoms with Crippen molar-refractivity contribution in [2.75, 3.05) is 57.4 Å². The molecule has 0 bridgehead atoms. The summed E-state index contributed by atoms with van der Waals surface area (Å²) in [6.45, 7) is 6.83. The number of halogens is 2. The second-order valence-corrected chi connectivity index (χ2v) is 14.6. The van der Waals surface area contributed by atoms with Crippen molar-refractivity contribution in [3.8, 4) is 0 Å². The number of aryl methyl sites for hydroxylation is 1. The third kappa shape index (κ3) is 5.99. The molecular formula is C24H28Cl2N4O4S3. The Balaban J connectivity index is 1.34. The molecule has 4 heterocycles. The number of benzene rings is 1. The maximum Gasteiger partial charge on any atom is 0.252 e. The highest BCUT2D eigenvalue weighted by atomic mass is 35.5. The maximum atomic E-state index is 13.9. The van der Waals surface area contributed by atoms with E-state index in [9.17, 15) is 13.2 Å². The second kappa shape index (κ2) is 11.4. The molecular weight excluding hydrogens is 575 g/mol. The van der Waals surface area contributed by atoms with E-state index in [-0.39, 0.29) is 16.0 Å². The van der Waals surface area contributed by atoms with Gasteiger partial charge in [0.1, 0.15) is 4.21 Å². The predicted octanol–water partition coefficient (Wildman–Crippen LogP) is 4.74. The maximum absolute atomic E-state index is 13.9. The molecule has 5 rings (SSSR count). The molecule has 3 aromatic rings. The smallest absolute Gasteiger partial charge is 0.252 e. The summed E-state index contributed by atoms with van der Waals surface area (Å²) in [5, 5.41) is 1.30. The van der Waals surface area contributed by atoms with E-state index in [1.165, 1.54) is 21.7 Å². The number of morpholine rings is 1. The molecule has 1 aromatic carbocycles. The summed E-state index contributed by atoms with van der Waals surface area (Å²) in [6.07, 6.45) is 0.919. The number of hydrogen-bond acceptors (Lipinski definition) is 8. The molecule has 2 fully saturated rings. The predicted molar refractivity (Wildman–Crippen MR) is 150 cm³/mol. The molecule has 0 unspecified atom stereocenters. The van der Waals surface area contributed by atoms with Gasteiger partial charge in [0, 0.05) is 50.2 Å². The molecule has 8 nitrogen and oxygen atoms in total. The molecule has 0 saturated carbocycles. The van der Waals surface area contributed by atoms with E-state index >= 15 is 0 Å². The first-order chi connectivity index (χ1) is 17.7. The number of hydrogen-bond donors (Lipinski definition) is 0. The lowest BCUT2D eigenvalue weighted by Crippen LogP contribution is -2.47. The quantitative estimate of drug-likeness (QED) is 0.388. The van der Waals surface area contributed by atoms with E-state index in [2.05, 4.69) is 4.90 Å². The number of aromatic nitrogens is 1. The van der Waals surface area contributed by atoms with Gasteiger partial charge in [-0.1, -0.05) is 34.5 Å². The molecule has 0 spiro atoms. The van der Waals surface area contributed by atoms with Gasteiger partial charge in [-0.25, -0.2) is 13.4 Å². The molecule has 37 heavy (non-hydrogen) atoms. The number of anilines is 1. The first-order valence-corrected chi connectivity index (χ1v) is 16.0. The van der Waals surface area contributed by atoms with Crippen LogP contribution in [0.2, 0.25) is 9.36 Å². The van der Waals surface area contributed by atoms with Crippen LogP contribution in [0.1, 0.15) is 18.4 Å². The van der Waals surface area contributed by atoms with E-state index < -0.39 is 10.0 Å². The normalized spacial score (nSPS) is 18.5. The van der Waals surface area contributed by atoms with Gasteiger partial charge >= 0.3 is 0 Å². The number of nitrogens with zero attached hydrogens (tertiary/aromatic N) is 4. The van der Waals surface area contributed by atoms with E-state index in [1.54, 1.807) is 11.0 Å². The molecule has 13 heteroatoms. The van der Waals surface area contributed by atoms with Gasteiger partial charge in [-0.3, -0.25) is 14.6 Å². The minimum Gasteiger partial charge on any atom is -0.379 e. The van der Waals surface area contributed by atoms with Crippen molar-refractivity contribution in [2.24, 2.45) is 5.92 Å². The number of ether oxygens (including phenoxy) is 1. The monoisotopic (exact) mass is 602 g/mol. The summed E-state index contributed by atoms with van der Waals surface area (Å²) >= 11 is 14.8. The summed E-state index contributed by atoms with van der Waals surface area (Å²) < 4.78 is 34.6. The number of amides is 1. The van der Waals surface area contributed by atoms with Crippen LogP contribution in [0, 0.1) is 12.8 Å². The first kappa shape index (κ1) is 27.3. The molecule has 0 aliphatic carbocycles. The van der Waals surface area contributed by atoms with Crippen LogP contribution in [-0.2, 0) is 19.6 Å². The van der Waals surface area contributed by atoms with Crippen LogP contribution in [0.25, 0.3) is 10.2 Å². The molecule has 2 aliphatic rings. The SMILES string of the molecule is Cc1cc(Cl)cc2sc(N(CCN3CCOCC3)C(=O)C3CCN(S(=O)(=O)c4ccc(Cl)s4)CC3)nc12. The Morgan fingerprint density at radius 3 is 2.54 bits per heavy atom. The number of thiazole rings is 1. The number of rotatable bonds is 7. The highest BCUT2D eigenvalue weighted by Gasteiger charge is 2.35. The van der Waals surface area contributed by atoms with Gasteiger partial charge in [0.25, 0.3) is 10.0 Å². The summed E-state index contributed by atoms with van der Waals surface area (Å²) in [5.74, 6) is -0.285. The lowest BCUT2D eigenvalue weighted by molar-refractivity contribution is -0.123. The molecule has 2 aromatic heterocycles. The van der Waals surface area contributed by atoms with Crippen molar-refractivity contribution in [3.63, 3.8) is 0 Å². The fraction of sp³-hybridized carbons (Fsp3) is 0.500. The number of carbonyl (C=O) groups excluding carboxylic acids is 1. The van der Waals surface area contributed by atoms with Gasteiger partial charge in [-0.15, -0.1) is 11.3 Å². The number of thiophene rings is 1. The fourth-order valence-corrected chi connectivity index (χ4v) is 9.31. The van der Waals surface area contributed by atoms with Crippen LogP contribution in [0.4, 0.5) is 5.13 Å². The highest BCUT2D eigenvalue weighted by molar-refractivity contribution is 7.91. The number of carbonyl (C=O) groups is 1. The molecule has 0 atom stereocenters. The summed E-state index contributed by atoms with van der Waals surface area (Å²) in [4.78, 5) is 22.8. The molecule has 0 radical (unpaired) electrons. The van der Waals surface area contributed by atoms with Gasteiger partial charge < -0.3 is 4.74 Å². The van der Waals surface area contributed by atoms with E-state index in [1.807, 2.05) is 19.1 Å². The van der Waals surface area contributed by atoms with Gasteiger partial charge in [0.05, 0.1) is 27.8 Å². The Kier molecular flexibility index (Phi) is 8.42. The lowest BCUT2D eigenvalue weighted by Gasteiger charge is -2.34. The van der Waals surface area contributed by atoms with Crippen LogP contribution >= 0.6 is 45.9 Å². The summed E-state index contributed by atoms with van der Waals surface area (Å²) in [7, 11) is -3.61. The van der Waals surface area contributed by atoms with Crippen molar-refractivity contribution in [1.82, 2.24) is 14.2 Å². The van der Waals surface area contributed by atoms with Crippen molar-refractivity contribution in [3.05, 3.63) is 39.2 Å². The van der Waals surface area contributed by atoms with E-state index in [4.69, 9.17) is 32.9 Å². The molecule has 2 saturated heterocycles. The Hall–Kier alpha value is -1.31. The van der Waals surface area contributed by atoms with E-state index in [0.717, 1.165) is 46.8 Å². The Morgan fingerprint density at radius 1 is 1.14 bits per heavy atom. The number of piperidine rings is 1. The van der Waals surface area contributed by atoms with Crippen molar-refractivity contribution in [1.29, 1.82) is 0 Å². The summed E-state index contributed by atoms with van der Waals surface area (Å²) in [6, 6.07) is 6.89. The van der Waals surface area contributed by atoms with Crippen LogP contribution in [-0.4, -0.2) is 81.0 Å². The van der Waals surface area contributed by atoms with E-state index in [0.29, 0.717) is 60.2 Å². The fourth-order valence-electron chi connectivity index (χ4n) is 4.75. The Bertz CT molecular complexity index is 1380. The number of fused-ring (bicyclic) bond motifs is 1. The highest BCUT2D eigenvalue weighted by Crippen LogP contribution is 2.35. The van der Waals surface area contributed by atoms with Crippen LogP contribution in [0.15, 0.2) is 28.5 Å². The third-order valence-electron chi connectivity index (χ3n) is 6.83. The minimum absolute atomic E-state index is 0.00715. The van der Waals surface area contributed by atoms with Gasteiger partial charge in [-0.2, -0.15) is 4.31 Å². The van der Waals surface area contributed by atoms with Crippen molar-refractivity contribution >= 4 is 77.2 Å². The topological polar surface area (TPSA) is 83.0 Å². The zero-order chi connectivity index (χ0) is 26.2. The van der Waals surface area contributed by atoms with Crippen molar-refractivity contribution in [2.45, 2.75) is 24.0 Å². The zero-order valence-corrected chi connectivity index (χ0v) is 24.3. The molecule has 0 N–H and O–H groups in total. The van der Waals surface area contributed by atoms with Gasteiger partial charge in [0.2, 0.25) is 5.91 Å². The second-order valence-electron chi connectivity index (χ2n) is 9.25. The van der Waals surface area contributed by atoms with Gasteiger partial charge in [0.15, 0.2) is 5.13 Å². The van der Waals surface area contributed by atoms with Crippen LogP contribution < -0.4 is 4.90 Å². The molecule has 200 valence electrons. The average molecular weight is 604 g/mol. The largest absolute Gasteiger partial charge is 0.379 e. The Labute approximate surface area is 234 Å². The first-order valence-electron chi connectivity index (χ1n) is 12.2. The Morgan fingerprint density at radius 2 is 1.86 bits per heavy atom. The van der Waals surface area contributed by atoms with Crippen molar-refractivity contribution < 1.29 is 17.9 Å². The van der Waals surface area contributed by atoms with Crippen LogP contribution in [0.3, 0.4) is 0 Å². The standard InChI is InChI=1S/C24H28Cl2N4O4S3/c1-16-14-18(25)15-19-22(16)27-24(35-19)30(9-8-28-10-12-34-13-11-28)23(31)17-4-6-29(7-5-17)37(32,33)21-3-2-20(26)36-21/h2-3,14-15,17H,4-13H2,1H3. The lowest BCUT2D eigenvalue weighted by atomic mass is 9.96. The number of sulfonamides is 1. The average Bonchev–Trinajstić information content (AvgIpc) is 3.52. The third-order valence-corrected chi connectivity index (χ3v) is 11.7. The summed E-state index contributed by atoms with van der Waals surface area (Å²) in [5.41, 5.74) is 1.82. The minimum atomic E-state index is -3.61. The zero-order valence-electron chi connectivity index (χ0n) is 20.4. The van der Waals surface area contributed by atoms with Crippen LogP contribution in [0.5, 0.6) is 0 Å². The molecule has 1 amide bonds. The van der Waals surface area contributed by atoms with Gasteiger partial charge in [-0.05, 0) is 49.6 Å². The molecule has 2 aliphatic heterocycles.